The minimum atomic E-state index is -0.534. The first-order chi connectivity index (χ1) is 11.5. The van der Waals surface area contributed by atoms with Crippen LogP contribution in [0.5, 0.6) is 0 Å². The Balaban J connectivity index is 2.44. The Morgan fingerprint density at radius 3 is 2.62 bits per heavy atom. The molecule has 0 atom stereocenters. The lowest BCUT2D eigenvalue weighted by atomic mass is 10.0. The van der Waals surface area contributed by atoms with Crippen molar-refractivity contribution in [2.24, 2.45) is 0 Å². The maximum Gasteiger partial charge on any atom is 0.340 e. The molecule has 1 amide bonds. The van der Waals surface area contributed by atoms with Gasteiger partial charge in [-0.25, -0.2) is 4.79 Å². The summed E-state index contributed by atoms with van der Waals surface area (Å²) in [5.74, 6) is -0.766. The molecule has 24 heavy (non-hydrogen) atoms. The van der Waals surface area contributed by atoms with Crippen molar-refractivity contribution in [3.63, 3.8) is 0 Å². The van der Waals surface area contributed by atoms with E-state index in [2.05, 4.69) is 0 Å². The van der Waals surface area contributed by atoms with Crippen LogP contribution in [-0.2, 0) is 19.1 Å². The molecule has 1 aromatic rings. The fourth-order valence-electron chi connectivity index (χ4n) is 2.61. The lowest BCUT2D eigenvalue weighted by Crippen LogP contribution is -2.26. The van der Waals surface area contributed by atoms with E-state index in [1.807, 2.05) is 6.07 Å². The second kappa shape index (κ2) is 8.13. The van der Waals surface area contributed by atoms with Crippen LogP contribution in [0, 0.1) is 0 Å². The Hall–Kier alpha value is -2.11. The van der Waals surface area contributed by atoms with Gasteiger partial charge in [0.25, 0.3) is 5.91 Å². The molecule has 0 saturated heterocycles. The van der Waals surface area contributed by atoms with Crippen LogP contribution in [0.4, 0.5) is 0 Å². The quantitative estimate of drug-likeness (QED) is 0.450. The van der Waals surface area contributed by atoms with E-state index in [0.29, 0.717) is 41.4 Å². The Morgan fingerprint density at radius 1 is 1.29 bits per heavy atom. The largest absolute Gasteiger partial charge is 0.465 e. The topological polar surface area (TPSA) is 55.8 Å². The molecule has 0 N–H and O–H groups in total. The van der Waals surface area contributed by atoms with E-state index >= 15 is 0 Å². The zero-order valence-electron chi connectivity index (χ0n) is 14.0. The van der Waals surface area contributed by atoms with Gasteiger partial charge in [0.15, 0.2) is 0 Å². The predicted molar refractivity (Wildman–Crippen MR) is 92.4 cm³/mol. The Labute approximate surface area is 146 Å². The highest BCUT2D eigenvalue weighted by Gasteiger charge is 2.36. The SMILES string of the molecule is COCCCN1C(=O)/C(=C/c2ccccc2Cl)C(C(=O)OC)=C1C. The monoisotopic (exact) mass is 349 g/mol. The van der Waals surface area contributed by atoms with Crippen molar-refractivity contribution in [1.29, 1.82) is 0 Å². The molecule has 0 saturated carbocycles. The molecule has 0 unspecified atom stereocenters. The van der Waals surface area contributed by atoms with Crippen LogP contribution < -0.4 is 0 Å². The maximum atomic E-state index is 12.8. The van der Waals surface area contributed by atoms with Gasteiger partial charge in [0.1, 0.15) is 0 Å². The molecule has 1 aliphatic heterocycles. The zero-order chi connectivity index (χ0) is 17.7. The fraction of sp³-hybridized carbons (Fsp3) is 0.333. The molecule has 5 nitrogen and oxygen atoms in total. The number of amides is 1. The third-order valence-corrected chi connectivity index (χ3v) is 4.18. The van der Waals surface area contributed by atoms with Gasteiger partial charge in [-0.05, 0) is 31.1 Å². The number of methoxy groups -OCH3 is 2. The number of hydrogen-bond donors (Lipinski definition) is 0. The molecule has 2 rings (SSSR count). The van der Waals surface area contributed by atoms with E-state index in [9.17, 15) is 9.59 Å². The minimum Gasteiger partial charge on any atom is -0.465 e. The van der Waals surface area contributed by atoms with Crippen molar-refractivity contribution < 1.29 is 19.1 Å². The third-order valence-electron chi connectivity index (χ3n) is 3.84. The average molecular weight is 350 g/mol. The fourth-order valence-corrected chi connectivity index (χ4v) is 2.80. The first-order valence-corrected chi connectivity index (χ1v) is 7.95. The number of carbonyl (C=O) groups excluding carboxylic acids is 2. The normalized spacial score (nSPS) is 16.2. The van der Waals surface area contributed by atoms with Crippen LogP contribution in [0.1, 0.15) is 18.9 Å². The molecule has 0 radical (unpaired) electrons. The third kappa shape index (κ3) is 3.68. The smallest absolute Gasteiger partial charge is 0.340 e. The molecule has 0 spiro atoms. The van der Waals surface area contributed by atoms with E-state index in [-0.39, 0.29) is 11.5 Å². The van der Waals surface area contributed by atoms with E-state index in [0.717, 1.165) is 0 Å². The van der Waals surface area contributed by atoms with Crippen LogP contribution in [-0.4, -0.2) is 44.1 Å². The minimum absolute atomic E-state index is 0.232. The van der Waals surface area contributed by atoms with E-state index in [1.165, 1.54) is 7.11 Å². The number of carbonyl (C=O) groups is 2. The number of esters is 1. The summed E-state index contributed by atoms with van der Waals surface area (Å²) in [6.45, 7) is 2.75. The standard InChI is InChI=1S/C18H20ClNO4/c1-12-16(18(22)24-3)14(11-13-7-4-5-8-15(13)19)17(21)20(12)9-6-10-23-2/h4-5,7-8,11H,6,9-10H2,1-3H3/b14-11+. The van der Waals surface area contributed by atoms with Gasteiger partial charge in [-0.1, -0.05) is 29.8 Å². The zero-order valence-corrected chi connectivity index (χ0v) is 14.7. The average Bonchev–Trinajstić information content (AvgIpc) is 2.80. The highest BCUT2D eigenvalue weighted by molar-refractivity contribution is 6.32. The van der Waals surface area contributed by atoms with Crippen molar-refractivity contribution in [3.8, 4) is 0 Å². The van der Waals surface area contributed by atoms with Crippen LogP contribution in [0.2, 0.25) is 5.02 Å². The molecular formula is C18H20ClNO4. The molecule has 0 bridgehead atoms. The van der Waals surface area contributed by atoms with Crippen molar-refractivity contribution in [2.75, 3.05) is 27.4 Å². The number of rotatable bonds is 6. The molecular weight excluding hydrogens is 330 g/mol. The van der Waals surface area contributed by atoms with Gasteiger partial charge >= 0.3 is 5.97 Å². The van der Waals surface area contributed by atoms with Crippen molar-refractivity contribution in [3.05, 3.63) is 51.7 Å². The van der Waals surface area contributed by atoms with Gasteiger partial charge < -0.3 is 14.4 Å². The lowest BCUT2D eigenvalue weighted by Gasteiger charge is -2.17. The molecule has 6 heteroatoms. The first kappa shape index (κ1) is 18.2. The number of ether oxygens (including phenoxy) is 2. The van der Waals surface area contributed by atoms with E-state index < -0.39 is 5.97 Å². The van der Waals surface area contributed by atoms with Crippen molar-refractivity contribution >= 4 is 29.6 Å². The summed E-state index contributed by atoms with van der Waals surface area (Å²) in [7, 11) is 2.91. The Bertz CT molecular complexity index is 709. The van der Waals surface area contributed by atoms with Crippen molar-refractivity contribution in [2.45, 2.75) is 13.3 Å². The number of halogens is 1. The summed E-state index contributed by atoms with van der Waals surface area (Å²) < 4.78 is 9.88. The first-order valence-electron chi connectivity index (χ1n) is 7.57. The number of nitrogens with zero attached hydrogens (tertiary/aromatic N) is 1. The summed E-state index contributed by atoms with van der Waals surface area (Å²) >= 11 is 6.17. The number of hydrogen-bond acceptors (Lipinski definition) is 4. The Kier molecular flexibility index (Phi) is 6.17. The van der Waals surface area contributed by atoms with Gasteiger partial charge in [0, 0.05) is 31.0 Å². The van der Waals surface area contributed by atoms with E-state index in [1.54, 1.807) is 43.2 Å². The van der Waals surface area contributed by atoms with Gasteiger partial charge in [-0.2, -0.15) is 0 Å². The van der Waals surface area contributed by atoms with Gasteiger partial charge in [-0.15, -0.1) is 0 Å². The highest BCUT2D eigenvalue weighted by Crippen LogP contribution is 2.32. The predicted octanol–water partition coefficient (Wildman–Crippen LogP) is 3.05. The summed E-state index contributed by atoms with van der Waals surface area (Å²) in [6, 6.07) is 7.15. The van der Waals surface area contributed by atoms with E-state index in [4.69, 9.17) is 21.1 Å². The molecule has 0 fully saturated rings. The summed E-state index contributed by atoms with van der Waals surface area (Å²) in [5.41, 5.74) is 1.83. The highest BCUT2D eigenvalue weighted by atomic mass is 35.5. The van der Waals surface area contributed by atoms with Gasteiger partial charge in [0.2, 0.25) is 0 Å². The second-order valence-corrected chi connectivity index (χ2v) is 5.74. The number of benzene rings is 1. The maximum absolute atomic E-state index is 12.8. The molecule has 1 heterocycles. The van der Waals surface area contributed by atoms with Crippen LogP contribution in [0.15, 0.2) is 41.1 Å². The van der Waals surface area contributed by atoms with Gasteiger partial charge in [-0.3, -0.25) is 4.79 Å². The van der Waals surface area contributed by atoms with Crippen LogP contribution in [0.25, 0.3) is 6.08 Å². The molecule has 0 aromatic heterocycles. The second-order valence-electron chi connectivity index (χ2n) is 5.33. The van der Waals surface area contributed by atoms with Gasteiger partial charge in [0.05, 0.1) is 18.3 Å². The van der Waals surface area contributed by atoms with Crippen LogP contribution >= 0.6 is 11.6 Å². The summed E-state index contributed by atoms with van der Waals surface area (Å²) in [6.07, 6.45) is 2.31. The molecule has 128 valence electrons. The van der Waals surface area contributed by atoms with Crippen LogP contribution in [0.3, 0.4) is 0 Å². The molecule has 1 aliphatic rings. The number of allylic oxidation sites excluding steroid dienone is 1. The molecule has 0 aliphatic carbocycles. The van der Waals surface area contributed by atoms with Crippen molar-refractivity contribution in [1.82, 2.24) is 4.90 Å². The lowest BCUT2D eigenvalue weighted by molar-refractivity contribution is -0.136. The molecule has 1 aromatic carbocycles. The Morgan fingerprint density at radius 2 is 2.00 bits per heavy atom. The summed E-state index contributed by atoms with van der Waals surface area (Å²) in [4.78, 5) is 26.5. The summed E-state index contributed by atoms with van der Waals surface area (Å²) in [5, 5.41) is 0.512.